The number of rotatable bonds is 3. The number of aromatic nitrogens is 1. The Morgan fingerprint density at radius 2 is 1.81 bits per heavy atom. The Hall–Kier alpha value is -3.34. The van der Waals surface area contributed by atoms with Crippen molar-refractivity contribution in [3.8, 4) is 0 Å². The number of aromatic amines is 1. The van der Waals surface area contributed by atoms with Crippen molar-refractivity contribution in [1.29, 1.82) is 0 Å². The number of carbonyl (C=O) groups is 1. The van der Waals surface area contributed by atoms with Crippen LogP contribution in [0.3, 0.4) is 0 Å². The molecule has 0 saturated heterocycles. The van der Waals surface area contributed by atoms with Crippen molar-refractivity contribution >= 4 is 27.8 Å². The van der Waals surface area contributed by atoms with E-state index in [1.807, 2.05) is 55.5 Å². The zero-order valence-electron chi connectivity index (χ0n) is 14.5. The smallest absolute Gasteiger partial charge is 0.255 e. The Balaban J connectivity index is 1.73. The molecule has 0 aliphatic carbocycles. The van der Waals surface area contributed by atoms with E-state index in [2.05, 4.69) is 4.98 Å². The molecule has 130 valence electrons. The highest BCUT2D eigenvalue weighted by Gasteiger charge is 2.23. The van der Waals surface area contributed by atoms with Gasteiger partial charge >= 0.3 is 0 Å². The van der Waals surface area contributed by atoms with Crippen LogP contribution in [0.25, 0.3) is 21.9 Å². The van der Waals surface area contributed by atoms with Gasteiger partial charge in [-0.05, 0) is 25.1 Å². The molecule has 0 bridgehead atoms. The fraction of sp³-hybridized carbons (Fsp3) is 0.143. The molecule has 2 heterocycles. The second-order valence-corrected chi connectivity index (χ2v) is 6.37. The molecular weight excluding hydrogens is 328 g/mol. The molecule has 1 atom stereocenters. The van der Waals surface area contributed by atoms with Gasteiger partial charge in [0.05, 0.1) is 11.6 Å². The zero-order valence-corrected chi connectivity index (χ0v) is 14.5. The number of nitrogens with zero attached hydrogens (tertiary/aromatic N) is 1. The first-order valence-electron chi connectivity index (χ1n) is 8.42. The normalized spacial score (nSPS) is 12.4. The summed E-state index contributed by atoms with van der Waals surface area (Å²) in [6, 6.07) is 18.1. The fourth-order valence-corrected chi connectivity index (χ4v) is 3.15. The number of hydrogen-bond donors (Lipinski definition) is 1. The van der Waals surface area contributed by atoms with Crippen molar-refractivity contribution in [1.82, 2.24) is 9.88 Å². The molecule has 26 heavy (non-hydrogen) atoms. The van der Waals surface area contributed by atoms with Crippen LogP contribution in [-0.4, -0.2) is 22.8 Å². The number of pyridine rings is 1. The van der Waals surface area contributed by atoms with Crippen molar-refractivity contribution in [2.24, 2.45) is 0 Å². The summed E-state index contributed by atoms with van der Waals surface area (Å²) in [5, 5.41) is 1.72. The minimum Gasteiger partial charge on any atom is -0.459 e. The lowest BCUT2D eigenvalue weighted by Crippen LogP contribution is -2.30. The number of nitrogens with one attached hydrogen (secondary N) is 1. The minimum atomic E-state index is -0.295. The van der Waals surface area contributed by atoms with E-state index in [4.69, 9.17) is 4.42 Å². The Bertz CT molecular complexity index is 1140. The number of benzene rings is 2. The summed E-state index contributed by atoms with van der Waals surface area (Å²) in [6.45, 7) is 1.91. The molecule has 5 nitrogen and oxygen atoms in total. The van der Waals surface area contributed by atoms with Crippen LogP contribution in [0.15, 0.2) is 69.9 Å². The highest BCUT2D eigenvalue weighted by atomic mass is 16.3. The van der Waals surface area contributed by atoms with Crippen molar-refractivity contribution in [3.63, 3.8) is 0 Å². The van der Waals surface area contributed by atoms with Gasteiger partial charge in [0.15, 0.2) is 0 Å². The lowest BCUT2D eigenvalue weighted by molar-refractivity contribution is 0.0729. The van der Waals surface area contributed by atoms with Gasteiger partial charge in [-0.3, -0.25) is 9.59 Å². The van der Waals surface area contributed by atoms with Crippen LogP contribution in [0, 0.1) is 0 Å². The standard InChI is InChI=1S/C21H18N2O3/c1-13(19-11-14-7-3-6-10-18(14)26-19)23(2)21(25)16-12-20(24)22-17-9-5-4-8-15(16)17/h3-13H,1-2H3,(H,22,24). The first-order valence-corrected chi connectivity index (χ1v) is 8.42. The lowest BCUT2D eigenvalue weighted by atomic mass is 10.1. The number of para-hydroxylation sites is 2. The van der Waals surface area contributed by atoms with Gasteiger partial charge in [-0.25, -0.2) is 0 Å². The third-order valence-corrected chi connectivity index (χ3v) is 4.74. The maximum atomic E-state index is 13.1. The fourth-order valence-electron chi connectivity index (χ4n) is 3.15. The van der Waals surface area contributed by atoms with Gasteiger partial charge in [0.2, 0.25) is 5.56 Å². The minimum absolute atomic E-state index is 0.222. The van der Waals surface area contributed by atoms with Gasteiger partial charge in [0.25, 0.3) is 5.91 Å². The van der Waals surface area contributed by atoms with Crippen molar-refractivity contribution < 1.29 is 9.21 Å². The van der Waals surface area contributed by atoms with E-state index in [0.29, 0.717) is 16.8 Å². The molecule has 0 spiro atoms. The summed E-state index contributed by atoms with van der Waals surface area (Å²) < 4.78 is 5.89. The summed E-state index contributed by atoms with van der Waals surface area (Å²) in [7, 11) is 1.72. The van der Waals surface area contributed by atoms with E-state index in [1.54, 1.807) is 18.0 Å². The van der Waals surface area contributed by atoms with Gasteiger partial charge < -0.3 is 14.3 Å². The van der Waals surface area contributed by atoms with E-state index in [0.717, 1.165) is 16.4 Å². The van der Waals surface area contributed by atoms with Crippen LogP contribution in [0.5, 0.6) is 0 Å². The Labute approximate surface area is 149 Å². The first kappa shape index (κ1) is 16.1. The molecule has 5 heteroatoms. The van der Waals surface area contributed by atoms with Gasteiger partial charge in [0, 0.05) is 29.4 Å². The molecule has 1 N–H and O–H groups in total. The molecule has 0 radical (unpaired) electrons. The monoisotopic (exact) mass is 346 g/mol. The number of H-pyrrole nitrogens is 1. The summed E-state index contributed by atoms with van der Waals surface area (Å²) in [5.74, 6) is 0.483. The maximum Gasteiger partial charge on any atom is 0.255 e. The highest BCUT2D eigenvalue weighted by molar-refractivity contribution is 6.06. The SMILES string of the molecule is CC(c1cc2ccccc2o1)N(C)C(=O)c1cc(=O)[nH]c2ccccc12. The molecule has 0 saturated carbocycles. The van der Waals surface area contributed by atoms with Crippen LogP contribution in [0.4, 0.5) is 0 Å². The molecular formula is C21H18N2O3. The summed E-state index contributed by atoms with van der Waals surface area (Å²) in [4.78, 5) is 29.4. The Kier molecular flexibility index (Phi) is 3.84. The number of furan rings is 1. The van der Waals surface area contributed by atoms with Gasteiger partial charge in [-0.1, -0.05) is 36.4 Å². The summed E-state index contributed by atoms with van der Waals surface area (Å²) >= 11 is 0. The number of carbonyl (C=O) groups excluding carboxylic acids is 1. The molecule has 2 aromatic carbocycles. The summed E-state index contributed by atoms with van der Waals surface area (Å²) in [6.07, 6.45) is 0. The Morgan fingerprint density at radius 3 is 2.62 bits per heavy atom. The Morgan fingerprint density at radius 1 is 1.08 bits per heavy atom. The van der Waals surface area contributed by atoms with Crippen LogP contribution in [0.1, 0.15) is 29.1 Å². The van der Waals surface area contributed by atoms with Crippen LogP contribution in [-0.2, 0) is 0 Å². The van der Waals surface area contributed by atoms with Crippen molar-refractivity contribution in [2.75, 3.05) is 7.05 Å². The second-order valence-electron chi connectivity index (χ2n) is 6.37. The average molecular weight is 346 g/mol. The zero-order chi connectivity index (χ0) is 18.3. The molecule has 0 aliphatic heterocycles. The molecule has 1 unspecified atom stereocenters. The average Bonchev–Trinajstić information content (AvgIpc) is 3.09. The third-order valence-electron chi connectivity index (χ3n) is 4.74. The quantitative estimate of drug-likeness (QED) is 0.607. The van der Waals surface area contributed by atoms with E-state index >= 15 is 0 Å². The number of hydrogen-bond acceptors (Lipinski definition) is 3. The molecule has 2 aromatic heterocycles. The highest BCUT2D eigenvalue weighted by Crippen LogP contribution is 2.28. The van der Waals surface area contributed by atoms with Crippen LogP contribution >= 0.6 is 0 Å². The molecule has 4 rings (SSSR count). The molecule has 0 aliphatic rings. The van der Waals surface area contributed by atoms with Crippen molar-refractivity contribution in [2.45, 2.75) is 13.0 Å². The predicted octanol–water partition coefficient (Wildman–Crippen LogP) is 4.11. The van der Waals surface area contributed by atoms with E-state index in [1.165, 1.54) is 6.07 Å². The lowest BCUT2D eigenvalue weighted by Gasteiger charge is -2.23. The topological polar surface area (TPSA) is 66.3 Å². The van der Waals surface area contributed by atoms with Crippen molar-refractivity contribution in [3.05, 3.63) is 82.3 Å². The molecule has 1 amide bonds. The van der Waals surface area contributed by atoms with Crippen LogP contribution < -0.4 is 5.56 Å². The largest absolute Gasteiger partial charge is 0.459 e. The summed E-state index contributed by atoms with van der Waals surface area (Å²) in [5.41, 5.74) is 1.52. The van der Waals surface area contributed by atoms with E-state index < -0.39 is 0 Å². The van der Waals surface area contributed by atoms with E-state index in [9.17, 15) is 9.59 Å². The molecule has 4 aromatic rings. The van der Waals surface area contributed by atoms with Gasteiger partial charge in [-0.2, -0.15) is 0 Å². The van der Waals surface area contributed by atoms with Gasteiger partial charge in [0.1, 0.15) is 11.3 Å². The number of amides is 1. The number of fused-ring (bicyclic) bond motifs is 2. The second kappa shape index (κ2) is 6.19. The molecule has 0 fully saturated rings. The van der Waals surface area contributed by atoms with E-state index in [-0.39, 0.29) is 17.5 Å². The van der Waals surface area contributed by atoms with Gasteiger partial charge in [-0.15, -0.1) is 0 Å². The maximum absolute atomic E-state index is 13.1. The predicted molar refractivity (Wildman–Crippen MR) is 101 cm³/mol. The first-order chi connectivity index (χ1) is 12.5. The third kappa shape index (κ3) is 2.67. The van der Waals surface area contributed by atoms with Crippen LogP contribution in [0.2, 0.25) is 0 Å².